The van der Waals surface area contributed by atoms with Gasteiger partial charge in [-0.2, -0.15) is 0 Å². The molecule has 0 heterocycles. The first kappa shape index (κ1) is 16.8. The Hall–Kier alpha value is -1.19. The Balaban J connectivity index is 0.000000873. The van der Waals surface area contributed by atoms with Gasteiger partial charge < -0.3 is 4.74 Å². The topological polar surface area (TPSA) is 9.23 Å². The average molecular weight is 262 g/mol. The number of rotatable bonds is 4. The van der Waals surface area contributed by atoms with Crippen LogP contribution in [-0.4, -0.2) is 6.36 Å². The van der Waals surface area contributed by atoms with Crippen LogP contribution in [0.5, 0.6) is 5.75 Å². The van der Waals surface area contributed by atoms with Crippen molar-refractivity contribution in [2.45, 2.75) is 52.8 Å². The van der Waals surface area contributed by atoms with E-state index in [1.54, 1.807) is 12.1 Å². The Morgan fingerprint density at radius 2 is 1.50 bits per heavy atom. The Bertz CT molecular complexity index is 304. The van der Waals surface area contributed by atoms with Crippen molar-refractivity contribution in [3.8, 4) is 5.75 Å². The Labute approximate surface area is 107 Å². The fraction of sp³-hybridized carbons (Fsp3) is 0.571. The average Bonchev–Trinajstić information content (AvgIpc) is 2.27. The van der Waals surface area contributed by atoms with Crippen molar-refractivity contribution in [2.75, 3.05) is 0 Å². The Kier molecular flexibility index (Phi) is 8.25. The molecule has 0 fully saturated rings. The number of halogens is 3. The van der Waals surface area contributed by atoms with Crippen molar-refractivity contribution in [3.05, 3.63) is 29.8 Å². The molecule has 0 spiro atoms. The number of unbranched alkanes of at least 4 members (excludes halogenated alkanes) is 1. The summed E-state index contributed by atoms with van der Waals surface area (Å²) >= 11 is 0. The Morgan fingerprint density at radius 3 is 1.89 bits per heavy atom. The van der Waals surface area contributed by atoms with Crippen LogP contribution >= 0.6 is 0 Å². The van der Waals surface area contributed by atoms with Crippen molar-refractivity contribution in [1.82, 2.24) is 0 Å². The summed E-state index contributed by atoms with van der Waals surface area (Å²) in [4.78, 5) is 0. The van der Waals surface area contributed by atoms with E-state index in [1.165, 1.54) is 18.6 Å². The molecule has 1 aromatic rings. The molecule has 0 unspecified atom stereocenters. The normalized spacial score (nSPS) is 10.6. The first-order valence-corrected chi connectivity index (χ1v) is 6.27. The molecule has 104 valence electrons. The van der Waals surface area contributed by atoms with E-state index in [0.29, 0.717) is 0 Å². The summed E-state index contributed by atoms with van der Waals surface area (Å²) in [6, 6.07) is 6.02. The zero-order valence-corrected chi connectivity index (χ0v) is 11.2. The van der Waals surface area contributed by atoms with Crippen molar-refractivity contribution in [1.29, 1.82) is 0 Å². The first-order chi connectivity index (χ1) is 8.42. The Morgan fingerprint density at radius 1 is 1.00 bits per heavy atom. The lowest BCUT2D eigenvalue weighted by Crippen LogP contribution is -2.17. The van der Waals surface area contributed by atoms with Crippen LogP contribution in [0.25, 0.3) is 0 Å². The van der Waals surface area contributed by atoms with E-state index in [0.717, 1.165) is 24.8 Å². The maximum atomic E-state index is 11.8. The smallest absolute Gasteiger partial charge is 0.406 e. The van der Waals surface area contributed by atoms with E-state index in [2.05, 4.69) is 25.5 Å². The first-order valence-electron chi connectivity index (χ1n) is 6.27. The highest BCUT2D eigenvalue weighted by Crippen LogP contribution is 2.22. The van der Waals surface area contributed by atoms with Crippen LogP contribution in [0, 0.1) is 0 Å². The van der Waals surface area contributed by atoms with E-state index in [9.17, 15) is 13.2 Å². The summed E-state index contributed by atoms with van der Waals surface area (Å²) in [6.07, 6.45) is -0.353. The molecule has 0 aromatic heterocycles. The third kappa shape index (κ3) is 8.90. The minimum absolute atomic E-state index is 0.164. The number of aryl methyl sites for hydroxylation is 1. The third-order valence-corrected chi connectivity index (χ3v) is 1.98. The van der Waals surface area contributed by atoms with E-state index in [-0.39, 0.29) is 5.75 Å². The highest BCUT2D eigenvalue weighted by Gasteiger charge is 2.30. The van der Waals surface area contributed by atoms with Gasteiger partial charge in [0.1, 0.15) is 5.75 Å². The number of hydrogen-bond donors (Lipinski definition) is 0. The molecule has 0 N–H and O–H groups in total. The van der Waals surface area contributed by atoms with Crippen LogP contribution in [0.1, 0.15) is 45.6 Å². The molecule has 0 saturated heterocycles. The maximum absolute atomic E-state index is 11.8. The summed E-state index contributed by atoms with van der Waals surface area (Å²) in [6.45, 7) is 6.32. The summed E-state index contributed by atoms with van der Waals surface area (Å²) in [7, 11) is 0. The van der Waals surface area contributed by atoms with Gasteiger partial charge in [-0.15, -0.1) is 13.2 Å². The zero-order chi connectivity index (χ0) is 14.0. The fourth-order valence-corrected chi connectivity index (χ4v) is 1.24. The highest BCUT2D eigenvalue weighted by atomic mass is 19.4. The number of alkyl halides is 3. The number of ether oxygens (including phenoxy) is 1. The summed E-state index contributed by atoms with van der Waals surface area (Å²) in [5.41, 5.74) is 1.03. The van der Waals surface area contributed by atoms with Crippen LogP contribution in [0.3, 0.4) is 0 Å². The van der Waals surface area contributed by atoms with Crippen LogP contribution in [-0.2, 0) is 6.42 Å². The monoisotopic (exact) mass is 262 g/mol. The molecule has 0 aliphatic heterocycles. The van der Waals surface area contributed by atoms with E-state index < -0.39 is 6.36 Å². The van der Waals surface area contributed by atoms with Gasteiger partial charge in [0.25, 0.3) is 0 Å². The van der Waals surface area contributed by atoms with Crippen molar-refractivity contribution < 1.29 is 17.9 Å². The van der Waals surface area contributed by atoms with E-state index >= 15 is 0 Å². The van der Waals surface area contributed by atoms with Crippen LogP contribution in [0.2, 0.25) is 0 Å². The molecule has 1 rings (SSSR count). The second kappa shape index (κ2) is 8.84. The van der Waals surface area contributed by atoms with Crippen molar-refractivity contribution in [2.24, 2.45) is 0 Å². The predicted molar refractivity (Wildman–Crippen MR) is 67.7 cm³/mol. The van der Waals surface area contributed by atoms with Gasteiger partial charge in [-0.05, 0) is 30.5 Å². The fourth-order valence-electron chi connectivity index (χ4n) is 1.24. The molecule has 0 aliphatic carbocycles. The molecule has 0 aliphatic rings. The van der Waals surface area contributed by atoms with Crippen molar-refractivity contribution in [3.63, 3.8) is 0 Å². The maximum Gasteiger partial charge on any atom is 0.573 e. The van der Waals surface area contributed by atoms with Gasteiger partial charge in [-0.1, -0.05) is 45.7 Å². The van der Waals surface area contributed by atoms with Gasteiger partial charge >= 0.3 is 6.36 Å². The molecule has 1 nitrogen and oxygen atoms in total. The van der Waals surface area contributed by atoms with Gasteiger partial charge in [0.05, 0.1) is 0 Å². The molecule has 0 radical (unpaired) electrons. The molecule has 18 heavy (non-hydrogen) atoms. The molecule has 0 bridgehead atoms. The quantitative estimate of drug-likeness (QED) is 0.711. The van der Waals surface area contributed by atoms with E-state index in [4.69, 9.17) is 0 Å². The molecular weight excluding hydrogens is 241 g/mol. The second-order valence-corrected chi connectivity index (χ2v) is 4.00. The number of hydrogen-bond acceptors (Lipinski definition) is 1. The van der Waals surface area contributed by atoms with Gasteiger partial charge in [-0.3, -0.25) is 0 Å². The minimum atomic E-state index is -4.61. The molecule has 1 aromatic carbocycles. The standard InChI is InChI=1S/C11H13F3O.C3H8/c1-2-3-4-9-5-7-10(8-6-9)15-11(12,13)14;1-3-2/h5-8H,2-4H2,1H3;3H2,1-2H3. The van der Waals surface area contributed by atoms with Crippen molar-refractivity contribution >= 4 is 0 Å². The van der Waals surface area contributed by atoms with Gasteiger partial charge in [0.2, 0.25) is 0 Å². The molecular formula is C14H21F3O. The van der Waals surface area contributed by atoms with Gasteiger partial charge in [0.15, 0.2) is 0 Å². The summed E-state index contributed by atoms with van der Waals surface area (Å²) in [5.74, 6) is -0.164. The second-order valence-electron chi connectivity index (χ2n) is 4.00. The third-order valence-electron chi connectivity index (χ3n) is 1.98. The highest BCUT2D eigenvalue weighted by molar-refractivity contribution is 5.27. The van der Waals surface area contributed by atoms with Crippen LogP contribution in [0.4, 0.5) is 13.2 Å². The van der Waals surface area contributed by atoms with E-state index in [1.807, 2.05) is 0 Å². The van der Waals surface area contributed by atoms with Crippen LogP contribution in [0.15, 0.2) is 24.3 Å². The SMILES string of the molecule is CCC.CCCCc1ccc(OC(F)(F)F)cc1. The summed E-state index contributed by atoms with van der Waals surface area (Å²) in [5, 5.41) is 0. The minimum Gasteiger partial charge on any atom is -0.406 e. The summed E-state index contributed by atoms with van der Waals surface area (Å²) < 4.78 is 39.2. The molecule has 0 saturated carbocycles. The number of benzene rings is 1. The van der Waals surface area contributed by atoms with Gasteiger partial charge in [0, 0.05) is 0 Å². The molecule has 0 amide bonds. The largest absolute Gasteiger partial charge is 0.573 e. The molecule has 4 heteroatoms. The predicted octanol–water partition coefficient (Wildman–Crippen LogP) is 5.34. The van der Waals surface area contributed by atoms with Crippen LogP contribution < -0.4 is 4.74 Å². The zero-order valence-electron chi connectivity index (χ0n) is 11.2. The molecule has 0 atom stereocenters. The lowest BCUT2D eigenvalue weighted by atomic mass is 10.1. The van der Waals surface area contributed by atoms with Gasteiger partial charge in [-0.25, -0.2) is 0 Å². The lowest BCUT2D eigenvalue weighted by Gasteiger charge is -2.09. The lowest BCUT2D eigenvalue weighted by molar-refractivity contribution is -0.274.